The van der Waals surface area contributed by atoms with E-state index in [-0.39, 0.29) is 23.4 Å². The number of hydrogen-bond acceptors (Lipinski definition) is 2. The zero-order valence-corrected chi connectivity index (χ0v) is 19.9. The maximum absolute atomic E-state index is 13.6. The number of amides is 1. The van der Waals surface area contributed by atoms with E-state index in [1.54, 1.807) is 4.90 Å². The number of carbonyl (C=O) groups is 1. The van der Waals surface area contributed by atoms with Crippen LogP contribution < -0.4 is 10.5 Å². The number of pyridine rings is 1. The summed E-state index contributed by atoms with van der Waals surface area (Å²) in [4.78, 5) is 31.2. The Morgan fingerprint density at radius 1 is 0.848 bits per heavy atom. The molecule has 1 N–H and O–H groups in total. The fraction of sp³-hybridized carbons (Fsp3) is 0.241. The molecule has 4 aromatic rings. The van der Waals surface area contributed by atoms with Crippen molar-refractivity contribution in [1.82, 2.24) is 4.98 Å². The Hall–Kier alpha value is -3.66. The Morgan fingerprint density at radius 3 is 2.12 bits per heavy atom. The fourth-order valence-corrected chi connectivity index (χ4v) is 3.92. The third-order valence-electron chi connectivity index (χ3n) is 6.00. The summed E-state index contributed by atoms with van der Waals surface area (Å²) in [7, 11) is 0. The second kappa shape index (κ2) is 8.70. The van der Waals surface area contributed by atoms with E-state index < -0.39 is 0 Å². The Bertz CT molecular complexity index is 1360. The molecule has 1 amide bonds. The normalized spacial score (nSPS) is 11.5. The molecule has 33 heavy (non-hydrogen) atoms. The predicted octanol–water partition coefficient (Wildman–Crippen LogP) is 6.29. The van der Waals surface area contributed by atoms with E-state index in [4.69, 9.17) is 0 Å². The molecule has 0 fully saturated rings. The number of carbonyl (C=O) groups excluding carboxylic acids is 1. The molecule has 1 heterocycles. The van der Waals surface area contributed by atoms with Crippen LogP contribution in [0.25, 0.3) is 10.9 Å². The van der Waals surface area contributed by atoms with Crippen LogP contribution in [0.4, 0.5) is 5.69 Å². The molecule has 4 nitrogen and oxygen atoms in total. The number of nitrogens with zero attached hydrogens (tertiary/aromatic N) is 1. The lowest BCUT2D eigenvalue weighted by Crippen LogP contribution is -2.33. The number of aromatic amines is 1. The van der Waals surface area contributed by atoms with Crippen LogP contribution in [0, 0.1) is 13.8 Å². The van der Waals surface area contributed by atoms with E-state index in [1.807, 2.05) is 86.6 Å². The van der Waals surface area contributed by atoms with Gasteiger partial charge in [0.25, 0.3) is 11.5 Å². The molecule has 0 atom stereocenters. The lowest BCUT2D eigenvalue weighted by molar-refractivity contribution is 0.0985. The molecule has 3 aromatic carbocycles. The predicted molar refractivity (Wildman–Crippen MR) is 136 cm³/mol. The molecule has 0 spiro atoms. The highest BCUT2D eigenvalue weighted by Gasteiger charge is 2.21. The number of H-pyrrole nitrogens is 1. The molecule has 0 saturated heterocycles. The van der Waals surface area contributed by atoms with Gasteiger partial charge in [-0.25, -0.2) is 0 Å². The van der Waals surface area contributed by atoms with Gasteiger partial charge in [-0.15, -0.1) is 0 Å². The second-order valence-electron chi connectivity index (χ2n) is 9.77. The molecule has 1 aromatic heterocycles. The van der Waals surface area contributed by atoms with E-state index in [2.05, 4.69) is 25.8 Å². The fourth-order valence-electron chi connectivity index (χ4n) is 3.92. The summed E-state index contributed by atoms with van der Waals surface area (Å²) in [6.45, 7) is 10.6. The van der Waals surface area contributed by atoms with Crippen molar-refractivity contribution in [1.29, 1.82) is 0 Å². The van der Waals surface area contributed by atoms with Crippen molar-refractivity contribution in [3.63, 3.8) is 0 Å². The van der Waals surface area contributed by atoms with Gasteiger partial charge in [-0.2, -0.15) is 0 Å². The first-order valence-electron chi connectivity index (χ1n) is 11.2. The summed E-state index contributed by atoms with van der Waals surface area (Å²) in [5.74, 6) is -0.136. The molecule has 0 aliphatic rings. The SMILES string of the molecule is Cc1ccc(N(Cc2cc3ccc(C)cc3[nH]c2=O)C(=O)c2ccc(C(C)(C)C)cc2)cc1. The highest BCUT2D eigenvalue weighted by Crippen LogP contribution is 2.25. The number of nitrogens with one attached hydrogen (secondary N) is 1. The second-order valence-corrected chi connectivity index (χ2v) is 9.77. The van der Waals surface area contributed by atoms with E-state index in [9.17, 15) is 9.59 Å². The van der Waals surface area contributed by atoms with E-state index in [0.29, 0.717) is 11.1 Å². The minimum atomic E-state index is -0.180. The topological polar surface area (TPSA) is 53.2 Å². The largest absolute Gasteiger partial charge is 0.322 e. The minimum Gasteiger partial charge on any atom is -0.322 e. The Morgan fingerprint density at radius 2 is 1.48 bits per heavy atom. The smallest absolute Gasteiger partial charge is 0.258 e. The summed E-state index contributed by atoms with van der Waals surface area (Å²) >= 11 is 0. The van der Waals surface area contributed by atoms with Crippen molar-refractivity contribution in [2.75, 3.05) is 4.90 Å². The van der Waals surface area contributed by atoms with Crippen molar-refractivity contribution in [3.05, 3.63) is 111 Å². The zero-order chi connectivity index (χ0) is 23.8. The quantitative estimate of drug-likeness (QED) is 0.407. The van der Waals surface area contributed by atoms with Gasteiger partial charge in [-0.05, 0) is 72.2 Å². The number of aryl methyl sites for hydroxylation is 2. The van der Waals surface area contributed by atoms with Crippen LogP contribution in [-0.4, -0.2) is 10.9 Å². The first-order valence-corrected chi connectivity index (χ1v) is 11.2. The molecule has 4 rings (SSSR count). The zero-order valence-electron chi connectivity index (χ0n) is 19.9. The van der Waals surface area contributed by atoms with Crippen molar-refractivity contribution in [3.8, 4) is 0 Å². The number of benzene rings is 3. The first-order chi connectivity index (χ1) is 15.6. The molecule has 0 radical (unpaired) electrons. The number of aromatic nitrogens is 1. The van der Waals surface area contributed by atoms with Gasteiger partial charge >= 0.3 is 0 Å². The number of hydrogen-bond donors (Lipinski definition) is 1. The van der Waals surface area contributed by atoms with Crippen LogP contribution >= 0.6 is 0 Å². The van der Waals surface area contributed by atoms with Gasteiger partial charge in [0.05, 0.1) is 6.54 Å². The Labute approximate surface area is 194 Å². The third kappa shape index (κ3) is 4.90. The Balaban J connectivity index is 1.74. The lowest BCUT2D eigenvalue weighted by atomic mass is 9.86. The van der Waals surface area contributed by atoms with Crippen LogP contribution in [0.1, 0.15) is 53.4 Å². The maximum Gasteiger partial charge on any atom is 0.258 e. The summed E-state index contributed by atoms with van der Waals surface area (Å²) in [6.07, 6.45) is 0. The van der Waals surface area contributed by atoms with Gasteiger partial charge in [0.1, 0.15) is 0 Å². The summed E-state index contributed by atoms with van der Waals surface area (Å²) in [5.41, 5.74) is 5.89. The monoisotopic (exact) mass is 438 g/mol. The molecular formula is C29H30N2O2. The number of anilines is 1. The summed E-state index contributed by atoms with van der Waals surface area (Å²) < 4.78 is 0. The average molecular weight is 439 g/mol. The van der Waals surface area contributed by atoms with Crippen molar-refractivity contribution >= 4 is 22.5 Å². The van der Waals surface area contributed by atoms with E-state index in [0.717, 1.165) is 27.7 Å². The van der Waals surface area contributed by atoms with Crippen LogP contribution in [0.5, 0.6) is 0 Å². The van der Waals surface area contributed by atoms with Crippen LogP contribution in [-0.2, 0) is 12.0 Å². The van der Waals surface area contributed by atoms with Gasteiger partial charge in [-0.3, -0.25) is 9.59 Å². The van der Waals surface area contributed by atoms with Crippen LogP contribution in [0.2, 0.25) is 0 Å². The van der Waals surface area contributed by atoms with E-state index >= 15 is 0 Å². The standard InChI is InChI=1S/C29H30N2O2/c1-19-7-14-25(15-8-19)31(28(33)21-10-12-24(13-11-21)29(3,4)5)18-23-17-22-9-6-20(2)16-26(22)30-27(23)32/h6-17H,18H2,1-5H3,(H,30,32). The third-order valence-corrected chi connectivity index (χ3v) is 6.00. The maximum atomic E-state index is 13.6. The van der Waals surface area contributed by atoms with Crippen molar-refractivity contribution in [2.24, 2.45) is 0 Å². The van der Waals surface area contributed by atoms with Crippen LogP contribution in [0.15, 0.2) is 77.6 Å². The van der Waals surface area contributed by atoms with Gasteiger partial charge < -0.3 is 9.88 Å². The lowest BCUT2D eigenvalue weighted by Gasteiger charge is -2.24. The van der Waals surface area contributed by atoms with E-state index in [1.165, 1.54) is 5.56 Å². The first kappa shape index (κ1) is 22.5. The van der Waals surface area contributed by atoms with Gasteiger partial charge in [0.2, 0.25) is 0 Å². The van der Waals surface area contributed by atoms with Crippen molar-refractivity contribution < 1.29 is 4.79 Å². The molecule has 168 valence electrons. The van der Waals surface area contributed by atoms with Gasteiger partial charge in [0.15, 0.2) is 0 Å². The van der Waals surface area contributed by atoms with Gasteiger partial charge in [-0.1, -0.05) is 62.7 Å². The van der Waals surface area contributed by atoms with Gasteiger partial charge in [0, 0.05) is 22.3 Å². The van der Waals surface area contributed by atoms with Crippen LogP contribution in [0.3, 0.4) is 0 Å². The molecule has 0 aliphatic carbocycles. The highest BCUT2D eigenvalue weighted by molar-refractivity contribution is 6.06. The molecule has 0 aliphatic heterocycles. The highest BCUT2D eigenvalue weighted by atomic mass is 16.2. The minimum absolute atomic E-state index is 0.00889. The van der Waals surface area contributed by atoms with Crippen molar-refractivity contribution in [2.45, 2.75) is 46.6 Å². The summed E-state index contributed by atoms with van der Waals surface area (Å²) in [6, 6.07) is 23.4. The molecule has 0 unspecified atom stereocenters. The Kier molecular flexibility index (Phi) is 5.94. The average Bonchev–Trinajstić information content (AvgIpc) is 2.77. The summed E-state index contributed by atoms with van der Waals surface area (Å²) in [5, 5.41) is 0.945. The molecule has 4 heteroatoms. The molecule has 0 saturated carbocycles. The molecule has 0 bridgehead atoms. The number of rotatable bonds is 4. The number of fused-ring (bicyclic) bond motifs is 1. The molecular weight excluding hydrogens is 408 g/mol.